The predicted octanol–water partition coefficient (Wildman–Crippen LogP) is 5.02. The average Bonchev–Trinajstić information content (AvgIpc) is 2.93. The van der Waals surface area contributed by atoms with Gasteiger partial charge in [0.25, 0.3) is 0 Å². The molecule has 1 aromatic carbocycles. The smallest absolute Gasteiger partial charge is 0.163 e. The van der Waals surface area contributed by atoms with E-state index in [0.717, 1.165) is 41.5 Å². The first kappa shape index (κ1) is 14.9. The zero-order valence-electron chi connectivity index (χ0n) is 11.6. The fourth-order valence-electron chi connectivity index (χ4n) is 2.23. The largest absolute Gasteiger partial charge is 0.370 e. The highest BCUT2D eigenvalue weighted by Crippen LogP contribution is 2.36. The van der Waals surface area contributed by atoms with Gasteiger partial charge in [0.05, 0.1) is 10.7 Å². The Balaban J connectivity index is 2.06. The average molecular weight is 340 g/mol. The predicted molar refractivity (Wildman–Crippen MR) is 91.3 cm³/mol. The summed E-state index contributed by atoms with van der Waals surface area (Å²) in [6.07, 6.45) is 1.06. The minimum Gasteiger partial charge on any atom is -0.370 e. The van der Waals surface area contributed by atoms with Crippen molar-refractivity contribution in [3.63, 3.8) is 0 Å². The Kier molecular flexibility index (Phi) is 4.57. The van der Waals surface area contributed by atoms with Gasteiger partial charge in [-0.1, -0.05) is 30.1 Å². The number of nitrogens with one attached hydrogen (secondary N) is 1. The van der Waals surface area contributed by atoms with Gasteiger partial charge in [-0.2, -0.15) is 11.8 Å². The number of anilines is 1. The van der Waals surface area contributed by atoms with Gasteiger partial charge in [-0.15, -0.1) is 0 Å². The number of benzene rings is 1. The van der Waals surface area contributed by atoms with Gasteiger partial charge in [-0.3, -0.25) is 0 Å². The quantitative estimate of drug-likeness (QED) is 0.848. The number of rotatable bonds is 4. The summed E-state index contributed by atoms with van der Waals surface area (Å²) in [4.78, 5) is 9.36. The summed E-state index contributed by atoms with van der Waals surface area (Å²) in [5.74, 6) is 3.50. The second kappa shape index (κ2) is 6.42. The van der Waals surface area contributed by atoms with Crippen molar-refractivity contribution in [3.8, 4) is 11.4 Å². The summed E-state index contributed by atoms with van der Waals surface area (Å²) >= 11 is 14.1. The van der Waals surface area contributed by atoms with Crippen molar-refractivity contribution >= 4 is 40.8 Å². The number of thioether (sulfide) groups is 1. The SMILES string of the molecule is CCCNc1nc(-c2ccc(Cl)cc2Cl)nc2c1CSC2. The third kappa shape index (κ3) is 3.12. The summed E-state index contributed by atoms with van der Waals surface area (Å²) in [6.45, 7) is 3.04. The standard InChI is InChI=1S/C15H15Cl2N3S/c1-2-5-18-14-11-7-21-8-13(11)19-15(20-14)10-4-3-9(16)6-12(10)17/h3-4,6H,2,5,7-8H2,1H3,(H,18,19,20). The summed E-state index contributed by atoms with van der Waals surface area (Å²) in [7, 11) is 0. The summed E-state index contributed by atoms with van der Waals surface area (Å²) in [5.41, 5.74) is 3.15. The van der Waals surface area contributed by atoms with Crippen molar-refractivity contribution in [3.05, 3.63) is 39.5 Å². The van der Waals surface area contributed by atoms with E-state index in [9.17, 15) is 0 Å². The van der Waals surface area contributed by atoms with Crippen LogP contribution < -0.4 is 5.32 Å². The van der Waals surface area contributed by atoms with Crippen molar-refractivity contribution in [2.45, 2.75) is 24.9 Å². The van der Waals surface area contributed by atoms with E-state index in [1.807, 2.05) is 23.9 Å². The molecule has 110 valence electrons. The molecule has 1 aliphatic heterocycles. The van der Waals surface area contributed by atoms with Crippen LogP contribution in [-0.4, -0.2) is 16.5 Å². The van der Waals surface area contributed by atoms with E-state index in [-0.39, 0.29) is 0 Å². The number of halogens is 2. The fourth-order valence-corrected chi connectivity index (χ4v) is 3.77. The van der Waals surface area contributed by atoms with Crippen molar-refractivity contribution < 1.29 is 0 Å². The summed E-state index contributed by atoms with van der Waals surface area (Å²) < 4.78 is 0. The lowest BCUT2D eigenvalue weighted by Crippen LogP contribution is -2.08. The molecule has 0 saturated heterocycles. The molecule has 1 aliphatic rings. The van der Waals surface area contributed by atoms with Crippen LogP contribution in [0.25, 0.3) is 11.4 Å². The third-order valence-electron chi connectivity index (χ3n) is 3.29. The monoisotopic (exact) mass is 339 g/mol. The highest BCUT2D eigenvalue weighted by molar-refractivity contribution is 7.98. The Bertz CT molecular complexity index is 676. The van der Waals surface area contributed by atoms with Gasteiger partial charge >= 0.3 is 0 Å². The Morgan fingerprint density at radius 2 is 2.10 bits per heavy atom. The number of aromatic nitrogens is 2. The second-order valence-electron chi connectivity index (χ2n) is 4.86. The molecule has 3 nitrogen and oxygen atoms in total. The highest BCUT2D eigenvalue weighted by atomic mass is 35.5. The van der Waals surface area contributed by atoms with Gasteiger partial charge < -0.3 is 5.32 Å². The van der Waals surface area contributed by atoms with Gasteiger partial charge in [0.2, 0.25) is 0 Å². The minimum absolute atomic E-state index is 0.578. The molecule has 0 saturated carbocycles. The van der Waals surface area contributed by atoms with Crippen LogP contribution in [-0.2, 0) is 11.5 Å². The van der Waals surface area contributed by atoms with Crippen molar-refractivity contribution in [1.82, 2.24) is 9.97 Å². The van der Waals surface area contributed by atoms with Crippen LogP contribution in [0.2, 0.25) is 10.0 Å². The molecule has 2 heterocycles. The van der Waals surface area contributed by atoms with Gasteiger partial charge in [0, 0.05) is 34.2 Å². The molecule has 2 aromatic rings. The van der Waals surface area contributed by atoms with Crippen molar-refractivity contribution in [2.24, 2.45) is 0 Å². The topological polar surface area (TPSA) is 37.8 Å². The summed E-state index contributed by atoms with van der Waals surface area (Å²) in [6, 6.07) is 5.41. The molecule has 0 spiro atoms. The first-order valence-electron chi connectivity index (χ1n) is 6.86. The maximum Gasteiger partial charge on any atom is 0.163 e. The van der Waals surface area contributed by atoms with Gasteiger partial charge in [0.15, 0.2) is 5.82 Å². The lowest BCUT2D eigenvalue weighted by Gasteiger charge is -2.12. The third-order valence-corrected chi connectivity index (χ3v) is 4.81. The molecule has 0 bridgehead atoms. The Morgan fingerprint density at radius 1 is 1.24 bits per heavy atom. The van der Waals surface area contributed by atoms with Gasteiger partial charge in [0.1, 0.15) is 5.82 Å². The van der Waals surface area contributed by atoms with E-state index < -0.39 is 0 Å². The lowest BCUT2D eigenvalue weighted by molar-refractivity contribution is 0.955. The molecule has 0 atom stereocenters. The molecule has 0 amide bonds. The molecule has 0 aliphatic carbocycles. The maximum atomic E-state index is 6.28. The van der Waals surface area contributed by atoms with Crippen molar-refractivity contribution in [2.75, 3.05) is 11.9 Å². The summed E-state index contributed by atoms with van der Waals surface area (Å²) in [5, 5.41) is 4.60. The van der Waals surface area contributed by atoms with E-state index >= 15 is 0 Å². The van der Waals surface area contributed by atoms with Crippen LogP contribution in [0.1, 0.15) is 24.6 Å². The van der Waals surface area contributed by atoms with Crippen LogP contribution in [0, 0.1) is 0 Å². The van der Waals surface area contributed by atoms with Crippen LogP contribution in [0.15, 0.2) is 18.2 Å². The normalized spacial score (nSPS) is 13.3. The van der Waals surface area contributed by atoms with Crippen LogP contribution >= 0.6 is 35.0 Å². The molecule has 0 unspecified atom stereocenters. The molecule has 21 heavy (non-hydrogen) atoms. The molecule has 1 N–H and O–H groups in total. The number of fused-ring (bicyclic) bond motifs is 1. The van der Waals surface area contributed by atoms with E-state index in [2.05, 4.69) is 22.2 Å². The Hall–Kier alpha value is -0.970. The molecule has 6 heteroatoms. The van der Waals surface area contributed by atoms with Gasteiger partial charge in [-0.25, -0.2) is 9.97 Å². The van der Waals surface area contributed by atoms with Gasteiger partial charge in [-0.05, 0) is 24.6 Å². The van der Waals surface area contributed by atoms with E-state index in [0.29, 0.717) is 15.9 Å². The molecule has 0 fully saturated rings. The van der Waals surface area contributed by atoms with E-state index in [1.54, 1.807) is 6.07 Å². The van der Waals surface area contributed by atoms with Crippen molar-refractivity contribution in [1.29, 1.82) is 0 Å². The highest BCUT2D eigenvalue weighted by Gasteiger charge is 2.21. The molecular weight excluding hydrogens is 325 g/mol. The molecular formula is C15H15Cl2N3S. The lowest BCUT2D eigenvalue weighted by atomic mass is 10.2. The zero-order valence-corrected chi connectivity index (χ0v) is 13.9. The minimum atomic E-state index is 0.578. The van der Waals surface area contributed by atoms with E-state index in [4.69, 9.17) is 23.2 Å². The van der Waals surface area contributed by atoms with Crippen LogP contribution in [0.3, 0.4) is 0 Å². The maximum absolute atomic E-state index is 6.28. The Morgan fingerprint density at radius 3 is 2.86 bits per heavy atom. The zero-order chi connectivity index (χ0) is 14.8. The van der Waals surface area contributed by atoms with Crippen LogP contribution in [0.4, 0.5) is 5.82 Å². The van der Waals surface area contributed by atoms with E-state index in [1.165, 1.54) is 5.56 Å². The van der Waals surface area contributed by atoms with Crippen LogP contribution in [0.5, 0.6) is 0 Å². The molecule has 1 aromatic heterocycles. The number of hydrogen-bond donors (Lipinski definition) is 1. The Labute approximate surface area is 138 Å². The fraction of sp³-hybridized carbons (Fsp3) is 0.333. The number of hydrogen-bond acceptors (Lipinski definition) is 4. The molecule has 3 rings (SSSR count). The second-order valence-corrected chi connectivity index (χ2v) is 6.69. The first-order chi connectivity index (χ1) is 10.2. The number of nitrogens with zero attached hydrogens (tertiary/aromatic N) is 2. The first-order valence-corrected chi connectivity index (χ1v) is 8.77. The molecule has 0 radical (unpaired) electrons.